The summed E-state index contributed by atoms with van der Waals surface area (Å²) >= 11 is 0. The molecule has 1 aromatic carbocycles. The van der Waals surface area contributed by atoms with Crippen LogP contribution in [0.15, 0.2) is 39.6 Å². The van der Waals surface area contributed by atoms with Crippen molar-refractivity contribution >= 4 is 12.2 Å². The maximum Gasteiger partial charge on any atom is 0.259 e. The van der Waals surface area contributed by atoms with Crippen molar-refractivity contribution in [1.82, 2.24) is 15.1 Å². The van der Waals surface area contributed by atoms with Gasteiger partial charge in [0.05, 0.1) is 25.4 Å². The molecule has 1 N–H and O–H groups in total. The Morgan fingerprint density at radius 3 is 2.93 bits per heavy atom. The molecule has 0 amide bonds. The van der Waals surface area contributed by atoms with Gasteiger partial charge in [0.1, 0.15) is 5.75 Å². The van der Waals surface area contributed by atoms with Gasteiger partial charge in [-0.05, 0) is 41.8 Å². The van der Waals surface area contributed by atoms with E-state index in [1.165, 1.54) is 0 Å². The summed E-state index contributed by atoms with van der Waals surface area (Å²) in [5, 5.41) is 3.95. The zero-order valence-corrected chi connectivity index (χ0v) is 16.3. The van der Waals surface area contributed by atoms with Gasteiger partial charge in [-0.2, -0.15) is 4.98 Å². The first kappa shape index (κ1) is 19.1. The van der Waals surface area contributed by atoms with Crippen LogP contribution in [0.4, 0.5) is 0 Å². The Morgan fingerprint density at radius 2 is 2.10 bits per heavy atom. The molecule has 0 bridgehead atoms. The minimum atomic E-state index is -0.222. The molecule has 29 heavy (non-hydrogen) atoms. The lowest BCUT2D eigenvalue weighted by Gasteiger charge is -2.15. The van der Waals surface area contributed by atoms with Gasteiger partial charge >= 0.3 is 0 Å². The van der Waals surface area contributed by atoms with Crippen molar-refractivity contribution in [3.05, 3.63) is 63.4 Å². The van der Waals surface area contributed by atoms with Crippen LogP contribution in [0, 0.1) is 0 Å². The van der Waals surface area contributed by atoms with E-state index in [0.717, 1.165) is 42.0 Å². The lowest BCUT2D eigenvalue weighted by Crippen LogP contribution is -2.19. The number of pyridine rings is 1. The number of benzene rings is 1. The summed E-state index contributed by atoms with van der Waals surface area (Å²) in [6, 6.07) is 9.57. The van der Waals surface area contributed by atoms with Crippen molar-refractivity contribution in [1.29, 1.82) is 0 Å². The molecular formula is C22H23N3O4. The average Bonchev–Trinajstić information content (AvgIpc) is 3.21. The zero-order chi connectivity index (χ0) is 20.1. The molecule has 0 fully saturated rings. The number of H-pyrrole nitrogens is 1. The molecule has 3 aromatic rings. The number of nitrogens with zero attached hydrogens (tertiary/aromatic N) is 2. The van der Waals surface area contributed by atoms with E-state index in [-0.39, 0.29) is 11.4 Å². The predicted molar refractivity (Wildman–Crippen MR) is 109 cm³/mol. The van der Waals surface area contributed by atoms with Crippen LogP contribution in [0.2, 0.25) is 0 Å². The monoisotopic (exact) mass is 393 g/mol. The number of rotatable bonds is 7. The molecule has 7 nitrogen and oxygen atoms in total. The van der Waals surface area contributed by atoms with Gasteiger partial charge in [0.25, 0.3) is 11.4 Å². The van der Waals surface area contributed by atoms with E-state index in [1.54, 1.807) is 12.1 Å². The third kappa shape index (κ3) is 4.63. The smallest absolute Gasteiger partial charge is 0.259 e. The fourth-order valence-corrected chi connectivity index (χ4v) is 3.08. The van der Waals surface area contributed by atoms with E-state index >= 15 is 0 Å². The van der Waals surface area contributed by atoms with Crippen molar-refractivity contribution in [2.75, 3.05) is 13.2 Å². The highest BCUT2D eigenvalue weighted by Crippen LogP contribution is 2.20. The van der Waals surface area contributed by atoms with Crippen molar-refractivity contribution in [2.45, 2.75) is 32.8 Å². The van der Waals surface area contributed by atoms with Gasteiger partial charge < -0.3 is 19.0 Å². The van der Waals surface area contributed by atoms with Gasteiger partial charge in [0, 0.05) is 18.2 Å². The molecule has 0 saturated heterocycles. The molecule has 150 valence electrons. The molecule has 0 saturated carbocycles. The van der Waals surface area contributed by atoms with E-state index < -0.39 is 0 Å². The number of hydrogen-bond donors (Lipinski definition) is 1. The Balaban J connectivity index is 1.46. The fraction of sp³-hybridized carbons (Fsp3) is 0.318. The molecule has 0 atom stereocenters. The molecule has 1 aliphatic heterocycles. The maximum atomic E-state index is 12.4. The van der Waals surface area contributed by atoms with Crippen LogP contribution in [-0.4, -0.2) is 28.3 Å². The minimum Gasteiger partial charge on any atom is -0.494 e. The number of fused-ring (bicyclic) bond motifs is 1. The van der Waals surface area contributed by atoms with Crippen LogP contribution in [0.1, 0.15) is 42.5 Å². The third-order valence-corrected chi connectivity index (χ3v) is 4.72. The second-order valence-corrected chi connectivity index (χ2v) is 6.88. The highest BCUT2D eigenvalue weighted by molar-refractivity contribution is 5.67. The zero-order valence-electron chi connectivity index (χ0n) is 16.3. The highest BCUT2D eigenvalue weighted by atomic mass is 16.5. The molecular weight excluding hydrogens is 370 g/mol. The lowest BCUT2D eigenvalue weighted by atomic mass is 10.1. The first-order valence-corrected chi connectivity index (χ1v) is 9.81. The Hall–Kier alpha value is -3.19. The van der Waals surface area contributed by atoms with Crippen LogP contribution in [0.5, 0.6) is 5.75 Å². The summed E-state index contributed by atoms with van der Waals surface area (Å²) in [5.74, 6) is 1.45. The van der Waals surface area contributed by atoms with Gasteiger partial charge in [0.2, 0.25) is 5.82 Å². The SMILES string of the molecule is CCCCOc1ccc(/C=C/c2nc(-c3cc4c([nH]c3=O)CCOC4)no2)cc1. The largest absolute Gasteiger partial charge is 0.494 e. The Kier molecular flexibility index (Phi) is 5.86. The van der Waals surface area contributed by atoms with E-state index in [0.29, 0.717) is 31.1 Å². The maximum absolute atomic E-state index is 12.4. The van der Waals surface area contributed by atoms with Crippen LogP contribution >= 0.6 is 0 Å². The molecule has 0 unspecified atom stereocenters. The van der Waals surface area contributed by atoms with Gasteiger partial charge in [-0.25, -0.2) is 0 Å². The summed E-state index contributed by atoms with van der Waals surface area (Å²) < 4.78 is 16.4. The highest BCUT2D eigenvalue weighted by Gasteiger charge is 2.17. The van der Waals surface area contributed by atoms with E-state index in [4.69, 9.17) is 14.0 Å². The molecule has 7 heteroatoms. The normalized spacial score (nSPS) is 13.6. The van der Waals surface area contributed by atoms with Gasteiger partial charge in [0.15, 0.2) is 0 Å². The van der Waals surface area contributed by atoms with Crippen LogP contribution in [0.3, 0.4) is 0 Å². The number of hydrogen-bond acceptors (Lipinski definition) is 6. The molecule has 1 aliphatic rings. The Bertz CT molecular complexity index is 1050. The standard InChI is InChI=1S/C22H23N3O4/c1-2-3-11-28-17-7-4-15(5-8-17)6-9-20-24-21(25-29-20)18-13-16-14-27-12-10-19(16)23-22(18)26/h4-9,13H,2-3,10-12,14H2,1H3,(H,23,26)/b9-6+. The number of ether oxygens (including phenoxy) is 2. The fourth-order valence-electron chi connectivity index (χ4n) is 3.08. The number of unbranched alkanes of at least 4 members (excludes halogenated alkanes) is 1. The second kappa shape index (κ2) is 8.87. The van der Waals surface area contributed by atoms with Crippen LogP contribution in [0.25, 0.3) is 23.5 Å². The van der Waals surface area contributed by atoms with E-state index in [9.17, 15) is 4.79 Å². The van der Waals surface area contributed by atoms with Crippen molar-refractivity contribution in [3.63, 3.8) is 0 Å². The predicted octanol–water partition coefficient (Wildman–Crippen LogP) is 3.85. The quantitative estimate of drug-likeness (QED) is 0.613. The van der Waals surface area contributed by atoms with Gasteiger partial charge in [-0.15, -0.1) is 0 Å². The summed E-state index contributed by atoms with van der Waals surface area (Å²) in [4.78, 5) is 19.6. The van der Waals surface area contributed by atoms with E-state index in [2.05, 4.69) is 22.0 Å². The summed E-state index contributed by atoms with van der Waals surface area (Å²) in [6.45, 7) is 3.95. The molecule has 4 rings (SSSR count). The number of aromatic nitrogens is 3. The van der Waals surface area contributed by atoms with Crippen LogP contribution < -0.4 is 10.3 Å². The molecule has 2 aromatic heterocycles. The third-order valence-electron chi connectivity index (χ3n) is 4.72. The lowest BCUT2D eigenvalue weighted by molar-refractivity contribution is 0.109. The summed E-state index contributed by atoms with van der Waals surface area (Å²) in [5.41, 5.74) is 3.01. The van der Waals surface area contributed by atoms with Crippen LogP contribution in [-0.2, 0) is 17.8 Å². The summed E-state index contributed by atoms with van der Waals surface area (Å²) in [7, 11) is 0. The minimum absolute atomic E-state index is 0.222. The topological polar surface area (TPSA) is 90.2 Å². The van der Waals surface area contributed by atoms with Crippen molar-refractivity contribution in [3.8, 4) is 17.1 Å². The first-order valence-electron chi connectivity index (χ1n) is 9.81. The van der Waals surface area contributed by atoms with Gasteiger partial charge in [-0.1, -0.05) is 30.6 Å². The van der Waals surface area contributed by atoms with E-state index in [1.807, 2.05) is 30.3 Å². The molecule has 0 spiro atoms. The molecule has 3 heterocycles. The van der Waals surface area contributed by atoms with Crippen molar-refractivity contribution in [2.24, 2.45) is 0 Å². The number of nitrogens with one attached hydrogen (secondary N) is 1. The summed E-state index contributed by atoms with van der Waals surface area (Å²) in [6.07, 6.45) is 6.45. The first-order chi connectivity index (χ1) is 14.2. The van der Waals surface area contributed by atoms with Gasteiger partial charge in [-0.3, -0.25) is 4.79 Å². The molecule has 0 radical (unpaired) electrons. The second-order valence-electron chi connectivity index (χ2n) is 6.88. The molecule has 0 aliphatic carbocycles. The Morgan fingerprint density at radius 1 is 1.24 bits per heavy atom. The average molecular weight is 393 g/mol. The Labute approximate surface area is 168 Å². The van der Waals surface area contributed by atoms with Crippen molar-refractivity contribution < 1.29 is 14.0 Å². The number of aromatic amines is 1.